The molecule has 0 aliphatic heterocycles. The number of pyridine rings is 3. The molecule has 1 aromatic carbocycles. The van der Waals surface area contributed by atoms with Gasteiger partial charge in [-0.05, 0) is 18.2 Å². The van der Waals surface area contributed by atoms with Crippen molar-refractivity contribution in [3.8, 4) is 22.5 Å². The van der Waals surface area contributed by atoms with Gasteiger partial charge in [0.25, 0.3) is 0 Å². The monoisotopic (exact) mass is 351 g/mol. The maximum atomic E-state index is 12.3. The third kappa shape index (κ3) is 2.64. The van der Waals surface area contributed by atoms with Crippen LogP contribution in [0.1, 0.15) is 0 Å². The highest BCUT2D eigenvalue weighted by Gasteiger charge is 2.15. The molecule has 1 N–H and O–H groups in total. The molecule has 4 heterocycles. The summed E-state index contributed by atoms with van der Waals surface area (Å²) in [7, 11) is 0. The Morgan fingerprint density at radius 1 is 0.815 bits per heavy atom. The van der Waals surface area contributed by atoms with Crippen LogP contribution >= 0.6 is 0 Å². The highest BCUT2D eigenvalue weighted by molar-refractivity contribution is 5.87. The number of hydrogen-bond donors (Lipinski definition) is 1. The molecule has 4 aromatic heterocycles. The molecule has 27 heavy (non-hydrogen) atoms. The van der Waals surface area contributed by atoms with E-state index in [4.69, 9.17) is 4.98 Å². The van der Waals surface area contributed by atoms with Gasteiger partial charge >= 0.3 is 0 Å². The number of rotatable bonds is 2. The van der Waals surface area contributed by atoms with Crippen molar-refractivity contribution in [1.82, 2.24) is 24.9 Å². The fourth-order valence-corrected chi connectivity index (χ4v) is 3.08. The number of nitrogens with one attached hydrogen (secondary N) is 1. The molecule has 5 rings (SSSR count). The summed E-state index contributed by atoms with van der Waals surface area (Å²) < 4.78 is 0. The summed E-state index contributed by atoms with van der Waals surface area (Å²) in [5.41, 5.74) is 4.25. The first kappa shape index (κ1) is 15.3. The van der Waals surface area contributed by atoms with E-state index in [1.807, 2.05) is 48.5 Å². The van der Waals surface area contributed by atoms with Gasteiger partial charge in [0.15, 0.2) is 16.8 Å². The minimum absolute atomic E-state index is 0.174. The molecule has 5 aromatic rings. The Hall–Kier alpha value is -3.93. The summed E-state index contributed by atoms with van der Waals surface area (Å²) in [6.07, 6.45) is 5.01. The van der Waals surface area contributed by atoms with Crippen LogP contribution in [0.5, 0.6) is 0 Å². The van der Waals surface area contributed by atoms with Gasteiger partial charge in [-0.15, -0.1) is 0 Å². The van der Waals surface area contributed by atoms with Crippen molar-refractivity contribution >= 4 is 22.2 Å². The zero-order chi connectivity index (χ0) is 18.2. The van der Waals surface area contributed by atoms with Crippen molar-refractivity contribution in [3.63, 3.8) is 0 Å². The Balaban J connectivity index is 1.85. The van der Waals surface area contributed by atoms with E-state index < -0.39 is 0 Å². The number of aromatic nitrogens is 5. The van der Waals surface area contributed by atoms with Gasteiger partial charge in [0.1, 0.15) is 0 Å². The third-order valence-electron chi connectivity index (χ3n) is 4.36. The Labute approximate surface area is 153 Å². The largest absolute Gasteiger partial charge is 0.345 e. The molecule has 0 saturated heterocycles. The van der Waals surface area contributed by atoms with Crippen LogP contribution in [0.4, 0.5) is 0 Å². The molecule has 0 bridgehead atoms. The molecule has 0 spiro atoms. The van der Waals surface area contributed by atoms with Crippen LogP contribution in [0.25, 0.3) is 44.7 Å². The summed E-state index contributed by atoms with van der Waals surface area (Å²) in [4.78, 5) is 33.3. The van der Waals surface area contributed by atoms with Crippen molar-refractivity contribution < 1.29 is 0 Å². The van der Waals surface area contributed by atoms with Crippen LogP contribution < -0.4 is 5.43 Å². The first-order valence-electron chi connectivity index (χ1n) is 8.45. The summed E-state index contributed by atoms with van der Waals surface area (Å²) >= 11 is 0. The lowest BCUT2D eigenvalue weighted by Gasteiger charge is -2.10. The second-order valence-electron chi connectivity index (χ2n) is 6.10. The topological polar surface area (TPSA) is 84.4 Å². The van der Waals surface area contributed by atoms with Gasteiger partial charge in [-0.3, -0.25) is 4.79 Å². The van der Waals surface area contributed by atoms with Crippen LogP contribution in [0.15, 0.2) is 78.0 Å². The predicted molar refractivity (Wildman–Crippen MR) is 104 cm³/mol. The second-order valence-corrected chi connectivity index (χ2v) is 6.10. The zero-order valence-electron chi connectivity index (χ0n) is 14.1. The quantitative estimate of drug-likeness (QED) is 0.525. The normalized spacial score (nSPS) is 11.1. The number of H-pyrrole nitrogens is 1. The summed E-state index contributed by atoms with van der Waals surface area (Å²) in [5.74, 6) is 0. The third-order valence-corrected chi connectivity index (χ3v) is 4.36. The van der Waals surface area contributed by atoms with Crippen LogP contribution in [0, 0.1) is 0 Å². The maximum absolute atomic E-state index is 12.3. The highest BCUT2D eigenvalue weighted by Crippen LogP contribution is 2.30. The fraction of sp³-hybridized carbons (Fsp3) is 0. The van der Waals surface area contributed by atoms with Gasteiger partial charge in [-0.1, -0.05) is 30.3 Å². The van der Waals surface area contributed by atoms with Crippen molar-refractivity contribution in [3.05, 3.63) is 83.4 Å². The van der Waals surface area contributed by atoms with E-state index in [2.05, 4.69) is 19.9 Å². The molecule has 0 unspecified atom stereocenters. The minimum atomic E-state index is -0.174. The number of fused-ring (bicyclic) bond motifs is 2. The van der Waals surface area contributed by atoms with Gasteiger partial charge in [-0.2, -0.15) is 0 Å². The number of nitrogens with zero attached hydrogens (tertiary/aromatic N) is 4. The summed E-state index contributed by atoms with van der Waals surface area (Å²) in [6, 6.07) is 17.0. The number of hydrogen-bond acceptors (Lipinski definition) is 5. The zero-order valence-corrected chi connectivity index (χ0v) is 14.1. The SMILES string of the molecule is O=c1cc[nH]c2nc(-c3ccccc3)c(-c3cnc4ncccc4c3)nc12. The van der Waals surface area contributed by atoms with Gasteiger partial charge < -0.3 is 4.98 Å². The minimum Gasteiger partial charge on any atom is -0.345 e. The number of benzene rings is 1. The lowest BCUT2D eigenvalue weighted by atomic mass is 10.0. The predicted octanol–water partition coefficient (Wildman–Crippen LogP) is 3.60. The first-order chi connectivity index (χ1) is 13.3. The van der Waals surface area contributed by atoms with Crippen molar-refractivity contribution in [2.24, 2.45) is 0 Å². The molecule has 0 atom stereocenters. The van der Waals surface area contributed by atoms with Gasteiger partial charge in [0.2, 0.25) is 5.43 Å². The second kappa shape index (κ2) is 6.10. The van der Waals surface area contributed by atoms with E-state index in [-0.39, 0.29) is 5.43 Å². The summed E-state index contributed by atoms with van der Waals surface area (Å²) in [5, 5.41) is 0.901. The molecule has 0 fully saturated rings. The van der Waals surface area contributed by atoms with E-state index in [1.54, 1.807) is 18.6 Å². The van der Waals surface area contributed by atoms with Crippen LogP contribution in [0.3, 0.4) is 0 Å². The van der Waals surface area contributed by atoms with Gasteiger partial charge in [0.05, 0.1) is 11.4 Å². The fourth-order valence-electron chi connectivity index (χ4n) is 3.08. The average Bonchev–Trinajstić information content (AvgIpc) is 2.73. The molecule has 128 valence electrons. The van der Waals surface area contributed by atoms with Gasteiger partial charge in [-0.25, -0.2) is 19.9 Å². The van der Waals surface area contributed by atoms with Crippen molar-refractivity contribution in [1.29, 1.82) is 0 Å². The Kier molecular flexibility index (Phi) is 3.47. The van der Waals surface area contributed by atoms with E-state index in [0.29, 0.717) is 28.2 Å². The maximum Gasteiger partial charge on any atom is 0.209 e. The van der Waals surface area contributed by atoms with E-state index in [1.165, 1.54) is 6.07 Å². The lowest BCUT2D eigenvalue weighted by Crippen LogP contribution is -2.06. The number of aromatic amines is 1. The first-order valence-corrected chi connectivity index (χ1v) is 8.45. The lowest BCUT2D eigenvalue weighted by molar-refractivity contribution is 1.21. The summed E-state index contributed by atoms with van der Waals surface area (Å²) in [6.45, 7) is 0. The van der Waals surface area contributed by atoms with E-state index in [9.17, 15) is 4.79 Å². The molecule has 0 aliphatic carbocycles. The molecule has 0 radical (unpaired) electrons. The Morgan fingerprint density at radius 2 is 1.67 bits per heavy atom. The van der Waals surface area contributed by atoms with E-state index in [0.717, 1.165) is 16.5 Å². The molecule has 0 aliphatic rings. The molecule has 6 heteroatoms. The van der Waals surface area contributed by atoms with E-state index >= 15 is 0 Å². The van der Waals surface area contributed by atoms with Crippen LogP contribution in [0.2, 0.25) is 0 Å². The van der Waals surface area contributed by atoms with Gasteiger partial charge in [0, 0.05) is 41.2 Å². The molecule has 0 amide bonds. The average molecular weight is 351 g/mol. The smallest absolute Gasteiger partial charge is 0.209 e. The highest BCUT2D eigenvalue weighted by atomic mass is 16.1. The molecular weight excluding hydrogens is 338 g/mol. The van der Waals surface area contributed by atoms with Crippen LogP contribution in [-0.2, 0) is 0 Å². The molecule has 0 saturated carbocycles. The Morgan fingerprint density at radius 3 is 2.56 bits per heavy atom. The molecule has 6 nitrogen and oxygen atoms in total. The van der Waals surface area contributed by atoms with Crippen molar-refractivity contribution in [2.45, 2.75) is 0 Å². The molecular formula is C21H13N5O. The van der Waals surface area contributed by atoms with Crippen molar-refractivity contribution in [2.75, 3.05) is 0 Å². The standard InChI is InChI=1S/C21H13N5O/c27-16-8-10-23-21-19(16)25-18(17(26-21)13-5-2-1-3-6-13)15-11-14-7-4-9-22-20(14)24-12-15/h1-12H,(H,23,26,27). The Bertz CT molecular complexity index is 1350. The van der Waals surface area contributed by atoms with Crippen LogP contribution in [-0.4, -0.2) is 24.9 Å².